The van der Waals surface area contributed by atoms with Gasteiger partial charge >= 0.3 is 0 Å². The Balaban J connectivity index is 0.00000180. The quantitative estimate of drug-likeness (QED) is 0.383. The van der Waals surface area contributed by atoms with E-state index < -0.39 is 15.8 Å². The summed E-state index contributed by atoms with van der Waals surface area (Å²) in [4.78, 5) is 14.3. The maximum Gasteiger partial charge on any atom is 0.278 e. The van der Waals surface area contributed by atoms with Crippen molar-refractivity contribution in [1.82, 2.24) is 4.98 Å². The first kappa shape index (κ1) is 16.1. The third-order valence-corrected chi connectivity index (χ3v) is 3.37. The average Bonchev–Trinajstić information content (AvgIpc) is 2.76. The minimum atomic E-state index is -2.79. The minimum absolute atomic E-state index is 0. The van der Waals surface area contributed by atoms with Crippen molar-refractivity contribution in [2.45, 2.75) is 0 Å². The number of thiazole rings is 1. The summed E-state index contributed by atoms with van der Waals surface area (Å²) >= 11 is 1.06. The number of thiol groups is 1. The van der Waals surface area contributed by atoms with Gasteiger partial charge in [0, 0.05) is 41.0 Å². The van der Waals surface area contributed by atoms with E-state index in [1.165, 1.54) is 6.07 Å². The largest absolute Gasteiger partial charge is 0.278 e. The standard InChI is InChI=1S/C9H7N3O4S2.Na/c13-12(14)8-4-2-1-3-6(8)7-5-17-9(10-7)11-18(15)16;/h1-5,18H,(H,10,11,15,16);. The van der Waals surface area contributed by atoms with E-state index in [0.29, 0.717) is 11.3 Å². The molecule has 0 saturated heterocycles. The number of nitro groups is 1. The second-order valence-electron chi connectivity index (χ2n) is 3.18. The van der Waals surface area contributed by atoms with Crippen LogP contribution < -0.4 is 4.72 Å². The summed E-state index contributed by atoms with van der Waals surface area (Å²) in [5.74, 6) is 0. The van der Waals surface area contributed by atoms with E-state index in [-0.39, 0.29) is 40.4 Å². The molecule has 0 aliphatic rings. The molecule has 0 saturated carbocycles. The average molecular weight is 308 g/mol. The predicted molar refractivity (Wildman–Crippen MR) is 73.9 cm³/mol. The second-order valence-corrected chi connectivity index (χ2v) is 4.78. The molecule has 1 heterocycles. The molecule has 0 aliphatic carbocycles. The molecular formula is C9H7N3NaO4S2. The molecule has 0 atom stereocenters. The van der Waals surface area contributed by atoms with Crippen molar-refractivity contribution in [2.24, 2.45) is 0 Å². The van der Waals surface area contributed by atoms with E-state index in [4.69, 9.17) is 0 Å². The Hall–Kier alpha value is -1.000. The summed E-state index contributed by atoms with van der Waals surface area (Å²) in [6.07, 6.45) is 0. The van der Waals surface area contributed by atoms with Gasteiger partial charge in [0.05, 0.1) is 16.2 Å². The molecule has 7 nitrogen and oxygen atoms in total. The summed E-state index contributed by atoms with van der Waals surface area (Å²) in [5.41, 5.74) is 0.653. The van der Waals surface area contributed by atoms with E-state index in [9.17, 15) is 18.5 Å². The third kappa shape index (κ3) is 3.98. The zero-order valence-electron chi connectivity index (χ0n) is 9.77. The topological polar surface area (TPSA) is 102 Å². The summed E-state index contributed by atoms with van der Waals surface area (Å²) in [5, 5.41) is 12.6. The molecule has 19 heavy (non-hydrogen) atoms. The molecule has 0 unspecified atom stereocenters. The van der Waals surface area contributed by atoms with Crippen LogP contribution in [0.25, 0.3) is 11.3 Å². The molecule has 95 valence electrons. The first-order chi connectivity index (χ1) is 8.58. The van der Waals surface area contributed by atoms with Gasteiger partial charge in [0.15, 0.2) is 5.13 Å². The van der Waals surface area contributed by atoms with Crippen LogP contribution in [0.3, 0.4) is 0 Å². The molecule has 0 amide bonds. The van der Waals surface area contributed by atoms with Crippen molar-refractivity contribution in [3.63, 3.8) is 0 Å². The van der Waals surface area contributed by atoms with Gasteiger partial charge in [-0.05, 0) is 6.07 Å². The molecule has 0 fully saturated rings. The van der Waals surface area contributed by atoms with Gasteiger partial charge in [0.1, 0.15) is 0 Å². The molecule has 1 N–H and O–H groups in total. The van der Waals surface area contributed by atoms with Gasteiger partial charge in [-0.15, -0.1) is 11.3 Å². The molecule has 10 heteroatoms. The van der Waals surface area contributed by atoms with Crippen LogP contribution in [0.1, 0.15) is 0 Å². The van der Waals surface area contributed by atoms with Crippen LogP contribution in [0, 0.1) is 10.1 Å². The monoisotopic (exact) mass is 308 g/mol. The van der Waals surface area contributed by atoms with Crippen molar-refractivity contribution < 1.29 is 13.3 Å². The number of rotatable bonds is 4. The fourth-order valence-electron chi connectivity index (χ4n) is 1.38. The number of nitrogens with one attached hydrogen (secondary N) is 1. The number of benzene rings is 1. The van der Waals surface area contributed by atoms with Crippen molar-refractivity contribution >= 4 is 62.6 Å². The first-order valence-electron chi connectivity index (χ1n) is 4.68. The summed E-state index contributed by atoms with van der Waals surface area (Å²) in [6, 6.07) is 6.15. The van der Waals surface area contributed by atoms with Gasteiger partial charge < -0.3 is 0 Å². The van der Waals surface area contributed by atoms with E-state index in [0.717, 1.165) is 11.3 Å². The van der Waals surface area contributed by atoms with Gasteiger partial charge in [-0.1, -0.05) is 12.1 Å². The van der Waals surface area contributed by atoms with Crippen molar-refractivity contribution in [3.8, 4) is 11.3 Å². The Bertz CT molecular complexity index is 663. The van der Waals surface area contributed by atoms with Gasteiger partial charge in [-0.3, -0.25) is 14.8 Å². The zero-order chi connectivity index (χ0) is 13.1. The maximum atomic E-state index is 10.8. The number of hydrogen-bond donors (Lipinski definition) is 2. The molecule has 0 aliphatic heterocycles. The smallest absolute Gasteiger partial charge is 0.261 e. The molecule has 1 radical (unpaired) electrons. The molecule has 0 bridgehead atoms. The number of para-hydroxylation sites is 1. The Kier molecular flexibility index (Phi) is 5.88. The second kappa shape index (κ2) is 6.96. The van der Waals surface area contributed by atoms with Gasteiger partial charge in [-0.25, -0.2) is 13.4 Å². The van der Waals surface area contributed by atoms with Crippen molar-refractivity contribution in [1.29, 1.82) is 0 Å². The van der Waals surface area contributed by atoms with Crippen LogP contribution in [0.15, 0.2) is 29.6 Å². The fourth-order valence-corrected chi connectivity index (χ4v) is 2.57. The van der Waals surface area contributed by atoms with E-state index >= 15 is 0 Å². The van der Waals surface area contributed by atoms with Crippen molar-refractivity contribution in [2.75, 3.05) is 4.72 Å². The van der Waals surface area contributed by atoms with E-state index in [1.807, 2.05) is 0 Å². The molecule has 1 aromatic heterocycles. The normalized spacial score (nSPS) is 9.95. The minimum Gasteiger partial charge on any atom is -0.261 e. The molecule has 1 aromatic carbocycles. The Labute approximate surface area is 136 Å². The van der Waals surface area contributed by atoms with Crippen LogP contribution in [0.5, 0.6) is 0 Å². The number of aromatic nitrogens is 1. The molecule has 2 rings (SSSR count). The van der Waals surface area contributed by atoms with Gasteiger partial charge in [-0.2, -0.15) is 0 Å². The van der Waals surface area contributed by atoms with Crippen LogP contribution in [-0.2, 0) is 10.9 Å². The van der Waals surface area contributed by atoms with Crippen LogP contribution in [-0.4, -0.2) is 47.9 Å². The SMILES string of the molecule is O=[N+]([O-])c1ccccc1-c1csc(N[SH](=O)=O)n1.[Na]. The molecule has 0 spiro atoms. The Morgan fingerprint density at radius 1 is 1.32 bits per heavy atom. The summed E-state index contributed by atoms with van der Waals surface area (Å²) in [7, 11) is -2.79. The molecule has 2 aromatic rings. The maximum absolute atomic E-state index is 10.8. The Morgan fingerprint density at radius 2 is 2.00 bits per heavy atom. The number of hydrogen-bond acceptors (Lipinski definition) is 6. The van der Waals surface area contributed by atoms with Gasteiger partial charge in [0.2, 0.25) is 10.9 Å². The zero-order valence-corrected chi connectivity index (χ0v) is 13.5. The molecular weight excluding hydrogens is 301 g/mol. The van der Waals surface area contributed by atoms with E-state index in [2.05, 4.69) is 9.71 Å². The fraction of sp³-hybridized carbons (Fsp3) is 0. The number of nitro benzene ring substituents is 1. The first-order valence-corrected chi connectivity index (χ1v) is 6.74. The van der Waals surface area contributed by atoms with Crippen LogP contribution in [0.2, 0.25) is 0 Å². The third-order valence-electron chi connectivity index (χ3n) is 2.07. The Morgan fingerprint density at radius 3 is 2.63 bits per heavy atom. The summed E-state index contributed by atoms with van der Waals surface area (Å²) < 4.78 is 23.1. The van der Waals surface area contributed by atoms with E-state index in [1.54, 1.807) is 23.6 Å². The number of nitrogens with zero attached hydrogens (tertiary/aromatic N) is 2. The predicted octanol–water partition coefficient (Wildman–Crippen LogP) is 1.28. The summed E-state index contributed by atoms with van der Waals surface area (Å²) in [6.45, 7) is 0. The van der Waals surface area contributed by atoms with Crippen LogP contribution >= 0.6 is 11.3 Å². The van der Waals surface area contributed by atoms with Crippen molar-refractivity contribution in [3.05, 3.63) is 39.8 Å². The van der Waals surface area contributed by atoms with Gasteiger partial charge in [0.25, 0.3) is 5.69 Å². The number of anilines is 1. The van der Waals surface area contributed by atoms with Crippen LogP contribution in [0.4, 0.5) is 10.8 Å².